The monoisotopic (exact) mass is 349 g/mol. The first-order chi connectivity index (χ1) is 11.1. The van der Waals surface area contributed by atoms with Crippen LogP contribution in [0.2, 0.25) is 0 Å². The van der Waals surface area contributed by atoms with Crippen LogP contribution in [0.3, 0.4) is 0 Å². The van der Waals surface area contributed by atoms with Crippen molar-refractivity contribution in [2.24, 2.45) is 0 Å². The molecule has 0 bridgehead atoms. The maximum atomic E-state index is 13.0. The van der Waals surface area contributed by atoms with E-state index in [0.717, 1.165) is 0 Å². The van der Waals surface area contributed by atoms with Crippen LogP contribution in [0.1, 0.15) is 27.0 Å². The van der Waals surface area contributed by atoms with E-state index in [4.69, 9.17) is 10.5 Å². The molecule has 6 nitrogen and oxygen atoms in total. The third-order valence-electron chi connectivity index (χ3n) is 4.17. The van der Waals surface area contributed by atoms with Gasteiger partial charge in [0.15, 0.2) is 0 Å². The first kappa shape index (κ1) is 17.8. The zero-order chi connectivity index (χ0) is 18.2. The second kappa shape index (κ2) is 6.16. The molecule has 24 heavy (non-hydrogen) atoms. The number of carbonyl (C=O) groups is 1. The number of hydrogen-bond donors (Lipinski definition) is 2. The molecular formula is C17H19NO5S. The van der Waals surface area contributed by atoms with Crippen LogP contribution in [-0.2, 0) is 9.84 Å². The summed E-state index contributed by atoms with van der Waals surface area (Å²) in [4.78, 5) is 11.4. The van der Waals surface area contributed by atoms with Gasteiger partial charge in [-0.25, -0.2) is 13.2 Å². The van der Waals surface area contributed by atoms with E-state index < -0.39 is 15.8 Å². The summed E-state index contributed by atoms with van der Waals surface area (Å²) < 4.78 is 31.1. The Morgan fingerprint density at radius 1 is 1.04 bits per heavy atom. The van der Waals surface area contributed by atoms with Gasteiger partial charge in [-0.3, -0.25) is 0 Å². The molecule has 0 aliphatic rings. The maximum Gasteiger partial charge on any atom is 0.337 e. The molecule has 7 heteroatoms. The third-order valence-corrected chi connectivity index (χ3v) is 6.11. The van der Waals surface area contributed by atoms with Crippen LogP contribution < -0.4 is 10.5 Å². The lowest BCUT2D eigenvalue weighted by Gasteiger charge is -2.18. The number of carboxylic acids is 1. The van der Waals surface area contributed by atoms with Crippen LogP contribution in [0, 0.1) is 20.8 Å². The van der Waals surface area contributed by atoms with Crippen molar-refractivity contribution in [2.45, 2.75) is 30.6 Å². The van der Waals surface area contributed by atoms with Crippen LogP contribution >= 0.6 is 0 Å². The van der Waals surface area contributed by atoms with Crippen LogP contribution in [0.4, 0.5) is 5.69 Å². The van der Waals surface area contributed by atoms with Crippen molar-refractivity contribution in [3.63, 3.8) is 0 Å². The van der Waals surface area contributed by atoms with E-state index in [0.29, 0.717) is 16.9 Å². The molecule has 0 heterocycles. The summed E-state index contributed by atoms with van der Waals surface area (Å²) in [5.41, 5.74) is 7.19. The van der Waals surface area contributed by atoms with Crippen LogP contribution in [0.25, 0.3) is 0 Å². The molecule has 0 saturated heterocycles. The lowest BCUT2D eigenvalue weighted by Crippen LogP contribution is -2.16. The predicted molar refractivity (Wildman–Crippen MR) is 90.5 cm³/mol. The highest BCUT2D eigenvalue weighted by atomic mass is 32.2. The highest BCUT2D eigenvalue weighted by Gasteiger charge is 2.30. The minimum Gasteiger partial charge on any atom is -0.497 e. The lowest BCUT2D eigenvalue weighted by atomic mass is 9.97. The molecule has 0 aliphatic heterocycles. The quantitative estimate of drug-likeness (QED) is 0.822. The maximum absolute atomic E-state index is 13.0. The van der Waals surface area contributed by atoms with Crippen LogP contribution in [-0.4, -0.2) is 26.6 Å². The van der Waals surface area contributed by atoms with Crippen molar-refractivity contribution in [3.8, 4) is 5.75 Å². The van der Waals surface area contributed by atoms with Gasteiger partial charge in [0.1, 0.15) is 5.75 Å². The number of methoxy groups -OCH3 is 1. The first-order valence-electron chi connectivity index (χ1n) is 7.14. The molecule has 128 valence electrons. The molecule has 3 N–H and O–H groups in total. The summed E-state index contributed by atoms with van der Waals surface area (Å²) in [7, 11) is -2.58. The third kappa shape index (κ3) is 2.71. The smallest absolute Gasteiger partial charge is 0.337 e. The Morgan fingerprint density at radius 3 is 2.04 bits per heavy atom. The van der Waals surface area contributed by atoms with Crippen molar-refractivity contribution < 1.29 is 23.1 Å². The van der Waals surface area contributed by atoms with Gasteiger partial charge in [0.25, 0.3) is 0 Å². The molecule has 0 atom stereocenters. The Morgan fingerprint density at radius 2 is 1.58 bits per heavy atom. The van der Waals surface area contributed by atoms with Gasteiger partial charge in [-0.1, -0.05) is 0 Å². The largest absolute Gasteiger partial charge is 0.497 e. The fourth-order valence-corrected chi connectivity index (χ4v) is 4.37. The number of ether oxygens (including phenoxy) is 1. The fraction of sp³-hybridized carbons (Fsp3) is 0.235. The second-order valence-electron chi connectivity index (χ2n) is 5.48. The SMILES string of the molecule is COc1ccc(S(=O)(=O)c2c(C)c(N)c(C)c(C)c2C(=O)O)cc1. The van der Waals surface area contributed by atoms with Gasteiger partial charge in [0.05, 0.1) is 22.5 Å². The number of carboxylic acid groups (broad SMARTS) is 1. The normalized spacial score (nSPS) is 11.3. The number of hydrogen-bond acceptors (Lipinski definition) is 5. The molecule has 2 aromatic rings. The summed E-state index contributed by atoms with van der Waals surface area (Å²) in [6, 6.07) is 5.77. The van der Waals surface area contributed by atoms with E-state index in [-0.39, 0.29) is 26.6 Å². The van der Waals surface area contributed by atoms with Gasteiger partial charge >= 0.3 is 5.97 Å². The number of sulfone groups is 1. The van der Waals surface area contributed by atoms with Gasteiger partial charge in [-0.2, -0.15) is 0 Å². The Labute approximate surface area is 140 Å². The molecule has 2 aromatic carbocycles. The average Bonchev–Trinajstić information content (AvgIpc) is 2.55. The summed E-state index contributed by atoms with van der Waals surface area (Å²) >= 11 is 0. The number of nitrogens with two attached hydrogens (primary N) is 1. The van der Waals surface area contributed by atoms with Gasteiger partial charge in [0.2, 0.25) is 9.84 Å². The number of anilines is 1. The van der Waals surface area contributed by atoms with Crippen molar-refractivity contribution in [1.29, 1.82) is 0 Å². The molecule has 0 spiro atoms. The summed E-state index contributed by atoms with van der Waals surface area (Å²) in [6.45, 7) is 4.75. The van der Waals surface area contributed by atoms with E-state index in [2.05, 4.69) is 0 Å². The number of nitrogen functional groups attached to an aromatic ring is 1. The molecule has 2 rings (SSSR count). The molecule has 0 amide bonds. The number of rotatable bonds is 4. The van der Waals surface area contributed by atoms with E-state index in [9.17, 15) is 18.3 Å². The predicted octanol–water partition coefficient (Wildman–Crippen LogP) is 2.73. The van der Waals surface area contributed by atoms with Crippen LogP contribution in [0.15, 0.2) is 34.1 Å². The summed E-state index contributed by atoms with van der Waals surface area (Å²) in [5, 5.41) is 9.55. The minimum atomic E-state index is -4.05. The molecule has 0 unspecified atom stereocenters. The molecule has 0 radical (unpaired) electrons. The minimum absolute atomic E-state index is 0.0171. The Kier molecular flexibility index (Phi) is 4.57. The Hall–Kier alpha value is -2.54. The average molecular weight is 349 g/mol. The van der Waals surface area contributed by atoms with E-state index in [1.165, 1.54) is 38.3 Å². The first-order valence-corrected chi connectivity index (χ1v) is 8.62. The van der Waals surface area contributed by atoms with E-state index in [1.54, 1.807) is 13.8 Å². The molecule has 0 fully saturated rings. The standard InChI is InChI=1S/C17H19NO5S/c1-9-10(2)15(18)11(3)16(14(9)17(19)20)24(21,22)13-7-5-12(23-4)6-8-13/h5-8H,18H2,1-4H3,(H,19,20). The van der Waals surface area contributed by atoms with Crippen LogP contribution in [0.5, 0.6) is 5.75 Å². The highest BCUT2D eigenvalue weighted by Crippen LogP contribution is 2.35. The molecule has 0 saturated carbocycles. The molecular weight excluding hydrogens is 330 g/mol. The topological polar surface area (TPSA) is 107 Å². The van der Waals surface area contributed by atoms with Gasteiger partial charge < -0.3 is 15.6 Å². The molecule has 0 aromatic heterocycles. The highest BCUT2D eigenvalue weighted by molar-refractivity contribution is 7.91. The zero-order valence-electron chi connectivity index (χ0n) is 13.9. The van der Waals surface area contributed by atoms with Crippen molar-refractivity contribution in [2.75, 3.05) is 12.8 Å². The van der Waals surface area contributed by atoms with Crippen molar-refractivity contribution in [1.82, 2.24) is 0 Å². The van der Waals surface area contributed by atoms with Crippen molar-refractivity contribution >= 4 is 21.5 Å². The van der Waals surface area contributed by atoms with E-state index in [1.807, 2.05) is 0 Å². The molecule has 0 aliphatic carbocycles. The van der Waals surface area contributed by atoms with Crippen molar-refractivity contribution in [3.05, 3.63) is 46.5 Å². The summed E-state index contributed by atoms with van der Waals surface area (Å²) in [5.74, 6) is -0.797. The fourth-order valence-electron chi connectivity index (χ4n) is 2.62. The lowest BCUT2D eigenvalue weighted by molar-refractivity contribution is 0.0691. The van der Waals surface area contributed by atoms with Gasteiger partial charge in [0, 0.05) is 5.69 Å². The second-order valence-corrected chi connectivity index (χ2v) is 7.36. The van der Waals surface area contributed by atoms with Gasteiger partial charge in [-0.15, -0.1) is 0 Å². The zero-order valence-corrected chi connectivity index (χ0v) is 14.7. The summed E-state index contributed by atoms with van der Waals surface area (Å²) in [6.07, 6.45) is 0. The number of aromatic carboxylic acids is 1. The Balaban J connectivity index is 2.85. The Bertz CT molecular complexity index is 915. The number of benzene rings is 2. The van der Waals surface area contributed by atoms with Gasteiger partial charge in [-0.05, 0) is 61.7 Å². The van der Waals surface area contributed by atoms with E-state index >= 15 is 0 Å².